The summed E-state index contributed by atoms with van der Waals surface area (Å²) in [5.74, 6) is -1.51. The normalized spacial score (nSPS) is 11.1. The summed E-state index contributed by atoms with van der Waals surface area (Å²) in [6.45, 7) is 2.46. The van der Waals surface area contributed by atoms with Crippen LogP contribution in [0.4, 0.5) is 8.78 Å². The summed E-state index contributed by atoms with van der Waals surface area (Å²) in [5, 5.41) is 2.88. The fraction of sp³-hybridized carbons (Fsp3) is 0.143. The molecule has 7 heteroatoms. The highest BCUT2D eigenvalue weighted by molar-refractivity contribution is 7.19. The smallest absolute Gasteiger partial charge is 0.268 e. The number of nitrogens with one attached hydrogen (secondary N) is 1. The zero-order valence-electron chi connectivity index (χ0n) is 15.1. The van der Waals surface area contributed by atoms with Crippen LogP contribution in [0.15, 0.2) is 54.9 Å². The van der Waals surface area contributed by atoms with E-state index in [1.807, 2.05) is 25.1 Å². The molecule has 0 aliphatic heterocycles. The van der Waals surface area contributed by atoms with Gasteiger partial charge in [0.25, 0.3) is 5.91 Å². The highest BCUT2D eigenvalue weighted by Gasteiger charge is 2.18. The lowest BCUT2D eigenvalue weighted by Gasteiger charge is -2.12. The average Bonchev–Trinajstić information content (AvgIpc) is 3.19. The second-order valence-electron chi connectivity index (χ2n) is 6.50. The molecule has 0 aliphatic carbocycles. The van der Waals surface area contributed by atoms with Crippen molar-refractivity contribution in [3.8, 4) is 0 Å². The Morgan fingerprint density at radius 2 is 2.07 bits per heavy atom. The fourth-order valence-electron chi connectivity index (χ4n) is 3.12. The van der Waals surface area contributed by atoms with E-state index in [1.54, 1.807) is 34.4 Å². The summed E-state index contributed by atoms with van der Waals surface area (Å²) in [6, 6.07) is 11.0. The van der Waals surface area contributed by atoms with Crippen molar-refractivity contribution < 1.29 is 13.6 Å². The van der Waals surface area contributed by atoms with Crippen LogP contribution in [0.1, 0.15) is 26.5 Å². The van der Waals surface area contributed by atoms with E-state index in [2.05, 4.69) is 10.3 Å². The van der Waals surface area contributed by atoms with Gasteiger partial charge in [-0.3, -0.25) is 9.78 Å². The third-order valence-electron chi connectivity index (χ3n) is 4.46. The number of pyridine rings is 1. The molecule has 3 aromatic heterocycles. The van der Waals surface area contributed by atoms with Gasteiger partial charge in [0.1, 0.15) is 17.3 Å². The molecule has 0 atom stereocenters. The van der Waals surface area contributed by atoms with Crippen LogP contribution in [-0.4, -0.2) is 15.5 Å². The quantitative estimate of drug-likeness (QED) is 0.532. The van der Waals surface area contributed by atoms with E-state index in [-0.39, 0.29) is 12.5 Å². The van der Waals surface area contributed by atoms with Crippen LogP contribution >= 0.6 is 11.3 Å². The molecule has 0 saturated heterocycles. The molecule has 0 fully saturated rings. The van der Waals surface area contributed by atoms with Crippen molar-refractivity contribution in [1.29, 1.82) is 0 Å². The third kappa shape index (κ3) is 3.66. The summed E-state index contributed by atoms with van der Waals surface area (Å²) in [7, 11) is 0. The molecule has 0 radical (unpaired) electrons. The highest BCUT2D eigenvalue weighted by Crippen LogP contribution is 2.30. The molecular formula is C21H17F2N3OS. The van der Waals surface area contributed by atoms with E-state index >= 15 is 0 Å². The van der Waals surface area contributed by atoms with Gasteiger partial charge in [0, 0.05) is 35.4 Å². The lowest BCUT2D eigenvalue weighted by atomic mass is 10.2. The summed E-state index contributed by atoms with van der Waals surface area (Å²) in [5.41, 5.74) is 2.51. The Morgan fingerprint density at radius 3 is 2.82 bits per heavy atom. The third-order valence-corrected chi connectivity index (χ3v) is 5.45. The molecule has 0 saturated carbocycles. The summed E-state index contributed by atoms with van der Waals surface area (Å²) in [4.78, 5) is 18.0. The second-order valence-corrected chi connectivity index (χ2v) is 7.79. The van der Waals surface area contributed by atoms with Gasteiger partial charge in [-0.1, -0.05) is 12.1 Å². The number of nitrogens with zero attached hydrogens (tertiary/aromatic N) is 2. The molecule has 0 aliphatic rings. The largest absolute Gasteiger partial charge is 0.347 e. The number of aromatic nitrogens is 2. The number of benzene rings is 1. The second kappa shape index (κ2) is 7.52. The molecule has 142 valence electrons. The molecule has 0 spiro atoms. The van der Waals surface area contributed by atoms with Crippen molar-refractivity contribution >= 4 is 27.5 Å². The van der Waals surface area contributed by atoms with Gasteiger partial charge in [0.05, 0.1) is 16.8 Å². The van der Waals surface area contributed by atoms with Crippen molar-refractivity contribution in [3.63, 3.8) is 0 Å². The van der Waals surface area contributed by atoms with Crippen molar-refractivity contribution in [2.75, 3.05) is 0 Å². The van der Waals surface area contributed by atoms with Gasteiger partial charge in [0.15, 0.2) is 0 Å². The molecule has 1 aromatic carbocycles. The zero-order valence-corrected chi connectivity index (χ0v) is 15.9. The Hall–Kier alpha value is -3.06. The average molecular weight is 397 g/mol. The summed E-state index contributed by atoms with van der Waals surface area (Å²) < 4.78 is 30.2. The Labute approximate surface area is 164 Å². The number of carbonyl (C=O) groups excluding carboxylic acids is 1. The van der Waals surface area contributed by atoms with E-state index in [0.29, 0.717) is 17.8 Å². The van der Waals surface area contributed by atoms with E-state index in [1.165, 1.54) is 12.1 Å². The van der Waals surface area contributed by atoms with Crippen molar-refractivity contribution in [2.45, 2.75) is 20.0 Å². The standard InChI is InChI=1S/C21H17F2N3OS/c1-13-7-18-20(28-13)9-19(21(27)25-11-14-3-2-6-24-10-14)26(18)12-15-4-5-16(22)8-17(15)23/h2-10H,11-12H2,1H3,(H,25,27). The van der Waals surface area contributed by atoms with Gasteiger partial charge >= 0.3 is 0 Å². The predicted octanol–water partition coefficient (Wildman–Crippen LogP) is 4.66. The van der Waals surface area contributed by atoms with E-state index in [0.717, 1.165) is 26.7 Å². The minimum absolute atomic E-state index is 0.140. The Balaban J connectivity index is 1.66. The SMILES string of the molecule is Cc1cc2c(cc(C(=O)NCc3cccnc3)n2Cc2ccc(F)cc2F)s1. The topological polar surface area (TPSA) is 46.9 Å². The Bertz CT molecular complexity index is 1150. The van der Waals surface area contributed by atoms with Crippen LogP contribution in [0.3, 0.4) is 0 Å². The van der Waals surface area contributed by atoms with Crippen LogP contribution in [0.2, 0.25) is 0 Å². The lowest BCUT2D eigenvalue weighted by molar-refractivity contribution is 0.0942. The minimum Gasteiger partial charge on any atom is -0.347 e. The fourth-order valence-corrected chi connectivity index (χ4v) is 4.08. The molecule has 1 amide bonds. The van der Waals surface area contributed by atoms with Crippen molar-refractivity contribution in [1.82, 2.24) is 14.9 Å². The van der Waals surface area contributed by atoms with E-state index < -0.39 is 11.6 Å². The predicted molar refractivity (Wildman–Crippen MR) is 105 cm³/mol. The molecule has 4 aromatic rings. The number of rotatable bonds is 5. The number of amides is 1. The van der Waals surface area contributed by atoms with Crippen LogP contribution in [0.25, 0.3) is 10.2 Å². The monoisotopic (exact) mass is 397 g/mol. The van der Waals surface area contributed by atoms with Crippen LogP contribution in [0.5, 0.6) is 0 Å². The highest BCUT2D eigenvalue weighted by atomic mass is 32.1. The number of hydrogen-bond acceptors (Lipinski definition) is 3. The van der Waals surface area contributed by atoms with Gasteiger partial charge in [-0.15, -0.1) is 11.3 Å². The number of aryl methyl sites for hydroxylation is 1. The molecule has 1 N–H and O–H groups in total. The van der Waals surface area contributed by atoms with Crippen LogP contribution < -0.4 is 5.32 Å². The van der Waals surface area contributed by atoms with Gasteiger partial charge in [0.2, 0.25) is 0 Å². The first kappa shape index (κ1) is 18.3. The van der Waals surface area contributed by atoms with Crippen LogP contribution in [-0.2, 0) is 13.1 Å². The lowest BCUT2D eigenvalue weighted by Crippen LogP contribution is -2.25. The van der Waals surface area contributed by atoms with Gasteiger partial charge in [-0.05, 0) is 36.8 Å². The van der Waals surface area contributed by atoms with E-state index in [9.17, 15) is 13.6 Å². The number of carbonyl (C=O) groups is 1. The number of halogens is 2. The molecule has 28 heavy (non-hydrogen) atoms. The Morgan fingerprint density at radius 1 is 1.21 bits per heavy atom. The van der Waals surface area contributed by atoms with Crippen LogP contribution in [0, 0.1) is 18.6 Å². The Kier molecular flexibility index (Phi) is 4.92. The number of thiophene rings is 1. The number of fused-ring (bicyclic) bond motifs is 1. The van der Waals surface area contributed by atoms with Gasteiger partial charge < -0.3 is 9.88 Å². The summed E-state index contributed by atoms with van der Waals surface area (Å²) in [6.07, 6.45) is 3.36. The first-order chi connectivity index (χ1) is 13.5. The maximum absolute atomic E-state index is 14.2. The molecule has 4 rings (SSSR count). The maximum Gasteiger partial charge on any atom is 0.268 e. The zero-order chi connectivity index (χ0) is 19.7. The molecular weight excluding hydrogens is 380 g/mol. The summed E-state index contributed by atoms with van der Waals surface area (Å²) >= 11 is 1.57. The molecule has 0 unspecified atom stereocenters. The van der Waals surface area contributed by atoms with E-state index in [4.69, 9.17) is 0 Å². The number of hydrogen-bond donors (Lipinski definition) is 1. The van der Waals surface area contributed by atoms with Crippen molar-refractivity contribution in [2.24, 2.45) is 0 Å². The molecule has 4 nitrogen and oxygen atoms in total. The molecule has 0 bridgehead atoms. The first-order valence-electron chi connectivity index (χ1n) is 8.72. The molecule has 3 heterocycles. The van der Waals surface area contributed by atoms with Gasteiger partial charge in [-0.25, -0.2) is 8.78 Å². The minimum atomic E-state index is -0.629. The van der Waals surface area contributed by atoms with Crippen molar-refractivity contribution in [3.05, 3.63) is 88.2 Å². The van der Waals surface area contributed by atoms with Gasteiger partial charge in [-0.2, -0.15) is 0 Å². The maximum atomic E-state index is 14.2. The first-order valence-corrected chi connectivity index (χ1v) is 9.53.